The second-order valence-corrected chi connectivity index (χ2v) is 6.61. The van der Waals surface area contributed by atoms with Crippen molar-refractivity contribution in [3.8, 4) is 5.75 Å². The highest BCUT2D eigenvalue weighted by Crippen LogP contribution is 2.21. The van der Waals surface area contributed by atoms with Crippen molar-refractivity contribution in [1.29, 1.82) is 0 Å². The first-order chi connectivity index (χ1) is 14.2. The Bertz CT molecular complexity index is 1150. The molecule has 4 aromatic rings. The van der Waals surface area contributed by atoms with Crippen LogP contribution in [-0.4, -0.2) is 12.1 Å². The van der Waals surface area contributed by atoms with Gasteiger partial charge >= 0.3 is 5.91 Å². The van der Waals surface area contributed by atoms with Crippen molar-refractivity contribution in [3.05, 3.63) is 102 Å². The van der Waals surface area contributed by atoms with E-state index in [9.17, 15) is 4.79 Å². The zero-order chi connectivity index (χ0) is 20.1. The molecule has 0 saturated carbocycles. The molecule has 0 aliphatic heterocycles. The van der Waals surface area contributed by atoms with E-state index >= 15 is 0 Å². The van der Waals surface area contributed by atoms with Crippen LogP contribution in [0.1, 0.15) is 27.4 Å². The van der Waals surface area contributed by atoms with Crippen LogP contribution in [0.2, 0.25) is 0 Å². The molecule has 144 valence electrons. The molecule has 4 rings (SSSR count). The number of fused-ring (bicyclic) bond motifs is 1. The second kappa shape index (κ2) is 8.44. The van der Waals surface area contributed by atoms with Crippen molar-refractivity contribution < 1.29 is 13.9 Å². The fraction of sp³-hybridized carbons (Fsp3) is 0.0833. The maximum absolute atomic E-state index is 11.9. The van der Waals surface area contributed by atoms with Crippen LogP contribution in [0.4, 0.5) is 0 Å². The van der Waals surface area contributed by atoms with Crippen LogP contribution < -0.4 is 10.2 Å². The third-order valence-electron chi connectivity index (χ3n) is 4.50. The number of furan rings is 1. The SMILES string of the molecule is Cc1ccc(C(=O)N/N=C\c2ccc(OCc3cccc4ccccc34)cc2)o1. The summed E-state index contributed by atoms with van der Waals surface area (Å²) < 4.78 is 11.2. The summed E-state index contributed by atoms with van der Waals surface area (Å²) >= 11 is 0. The molecule has 0 bridgehead atoms. The molecule has 1 heterocycles. The van der Waals surface area contributed by atoms with Crippen LogP contribution in [-0.2, 0) is 6.61 Å². The number of hydrogen-bond donors (Lipinski definition) is 1. The van der Waals surface area contributed by atoms with Gasteiger partial charge in [0.2, 0.25) is 0 Å². The molecule has 0 spiro atoms. The minimum absolute atomic E-state index is 0.233. The van der Waals surface area contributed by atoms with Gasteiger partial charge in [0.05, 0.1) is 6.21 Å². The Balaban J connectivity index is 1.35. The maximum Gasteiger partial charge on any atom is 0.307 e. The van der Waals surface area contributed by atoms with Gasteiger partial charge in [0.1, 0.15) is 18.1 Å². The van der Waals surface area contributed by atoms with Crippen molar-refractivity contribution in [1.82, 2.24) is 5.43 Å². The normalized spacial score (nSPS) is 11.1. The first-order valence-electron chi connectivity index (χ1n) is 9.28. The Hall–Kier alpha value is -3.86. The Morgan fingerprint density at radius 2 is 1.79 bits per heavy atom. The van der Waals surface area contributed by atoms with Crippen LogP contribution in [0.15, 0.2) is 88.4 Å². The highest BCUT2D eigenvalue weighted by atomic mass is 16.5. The van der Waals surface area contributed by atoms with Gasteiger partial charge in [0, 0.05) is 0 Å². The quantitative estimate of drug-likeness (QED) is 0.372. The van der Waals surface area contributed by atoms with Gasteiger partial charge in [-0.15, -0.1) is 0 Å². The standard InChI is InChI=1S/C24H20N2O3/c1-17-9-14-23(29-17)24(27)26-25-15-18-10-12-21(13-11-18)28-16-20-7-4-6-19-5-2-3-8-22(19)20/h2-15H,16H2,1H3,(H,26,27)/b25-15-. The zero-order valence-electron chi connectivity index (χ0n) is 16.0. The van der Waals surface area contributed by atoms with Crippen molar-refractivity contribution in [2.75, 3.05) is 0 Å². The van der Waals surface area contributed by atoms with Gasteiger partial charge in [-0.3, -0.25) is 4.79 Å². The molecule has 5 nitrogen and oxygen atoms in total. The Labute approximate surface area is 168 Å². The summed E-state index contributed by atoms with van der Waals surface area (Å²) in [5.74, 6) is 1.30. The molecule has 0 saturated heterocycles. The lowest BCUT2D eigenvalue weighted by Crippen LogP contribution is -2.16. The minimum Gasteiger partial charge on any atom is -0.489 e. The Morgan fingerprint density at radius 3 is 2.59 bits per heavy atom. The highest BCUT2D eigenvalue weighted by Gasteiger charge is 2.08. The van der Waals surface area contributed by atoms with Gasteiger partial charge in [-0.2, -0.15) is 5.10 Å². The third-order valence-corrected chi connectivity index (χ3v) is 4.50. The van der Waals surface area contributed by atoms with Crippen molar-refractivity contribution in [2.24, 2.45) is 5.10 Å². The highest BCUT2D eigenvalue weighted by molar-refractivity contribution is 5.92. The fourth-order valence-electron chi connectivity index (χ4n) is 3.01. The smallest absolute Gasteiger partial charge is 0.307 e. The van der Waals surface area contributed by atoms with Crippen LogP contribution in [0.25, 0.3) is 10.8 Å². The molecule has 0 fully saturated rings. The monoisotopic (exact) mass is 384 g/mol. The summed E-state index contributed by atoms with van der Waals surface area (Å²) in [7, 11) is 0. The molecule has 3 aromatic carbocycles. The van der Waals surface area contributed by atoms with Gasteiger partial charge in [-0.25, -0.2) is 5.43 Å². The number of nitrogens with zero attached hydrogens (tertiary/aromatic N) is 1. The van der Waals surface area contributed by atoms with Crippen LogP contribution >= 0.6 is 0 Å². The first kappa shape index (κ1) is 18.5. The van der Waals surface area contributed by atoms with Crippen LogP contribution in [0.3, 0.4) is 0 Å². The summed E-state index contributed by atoms with van der Waals surface area (Å²) in [6.07, 6.45) is 1.57. The maximum atomic E-state index is 11.9. The fourth-order valence-corrected chi connectivity index (χ4v) is 3.01. The molecule has 1 aromatic heterocycles. The molecule has 0 radical (unpaired) electrons. The zero-order valence-corrected chi connectivity index (χ0v) is 16.0. The average Bonchev–Trinajstić information content (AvgIpc) is 3.19. The molecule has 0 unspecified atom stereocenters. The van der Waals surface area contributed by atoms with Crippen LogP contribution in [0.5, 0.6) is 5.75 Å². The third kappa shape index (κ3) is 4.52. The lowest BCUT2D eigenvalue weighted by atomic mass is 10.1. The number of amides is 1. The number of rotatable bonds is 6. The van der Waals surface area contributed by atoms with Crippen molar-refractivity contribution in [3.63, 3.8) is 0 Å². The van der Waals surface area contributed by atoms with Gasteiger partial charge in [-0.1, -0.05) is 42.5 Å². The molecular formula is C24H20N2O3. The Morgan fingerprint density at radius 1 is 1.00 bits per heavy atom. The number of hydrogen-bond acceptors (Lipinski definition) is 4. The number of carbonyl (C=O) groups excluding carboxylic acids is 1. The van der Waals surface area contributed by atoms with E-state index in [1.165, 1.54) is 10.8 Å². The molecule has 29 heavy (non-hydrogen) atoms. The number of benzene rings is 3. The van der Waals surface area contributed by atoms with Crippen LogP contribution in [0, 0.1) is 6.92 Å². The van der Waals surface area contributed by atoms with Crippen molar-refractivity contribution >= 4 is 22.9 Å². The number of aryl methyl sites for hydroxylation is 1. The molecule has 5 heteroatoms. The molecule has 0 aliphatic carbocycles. The summed E-state index contributed by atoms with van der Waals surface area (Å²) in [5, 5.41) is 6.36. The lowest BCUT2D eigenvalue weighted by molar-refractivity contribution is 0.0926. The molecule has 0 atom stereocenters. The molecular weight excluding hydrogens is 364 g/mol. The van der Waals surface area contributed by atoms with Gasteiger partial charge in [-0.05, 0) is 65.2 Å². The number of ether oxygens (including phenoxy) is 1. The first-order valence-corrected chi connectivity index (χ1v) is 9.28. The predicted molar refractivity (Wildman–Crippen MR) is 113 cm³/mol. The molecule has 1 amide bonds. The topological polar surface area (TPSA) is 63.8 Å². The van der Waals surface area contributed by atoms with Gasteiger partial charge in [0.15, 0.2) is 5.76 Å². The van der Waals surface area contributed by atoms with E-state index in [1.807, 2.05) is 42.5 Å². The van der Waals surface area contributed by atoms with E-state index in [4.69, 9.17) is 9.15 Å². The Kier molecular flexibility index (Phi) is 5.38. The summed E-state index contributed by atoms with van der Waals surface area (Å²) in [6, 6.07) is 25.3. The summed E-state index contributed by atoms with van der Waals surface area (Å²) in [4.78, 5) is 11.9. The number of nitrogens with one attached hydrogen (secondary N) is 1. The average molecular weight is 384 g/mol. The van der Waals surface area contributed by atoms with E-state index in [-0.39, 0.29) is 11.7 Å². The largest absolute Gasteiger partial charge is 0.489 e. The molecule has 1 N–H and O–H groups in total. The number of hydrazone groups is 1. The second-order valence-electron chi connectivity index (χ2n) is 6.61. The predicted octanol–water partition coefficient (Wildman–Crippen LogP) is 5.08. The lowest BCUT2D eigenvalue weighted by Gasteiger charge is -2.09. The number of carbonyl (C=O) groups is 1. The minimum atomic E-state index is -0.385. The molecule has 0 aliphatic rings. The van der Waals surface area contributed by atoms with E-state index in [0.29, 0.717) is 12.4 Å². The summed E-state index contributed by atoms with van der Waals surface area (Å²) in [5.41, 5.74) is 4.43. The van der Waals surface area contributed by atoms with E-state index < -0.39 is 0 Å². The van der Waals surface area contributed by atoms with E-state index in [2.05, 4.69) is 34.8 Å². The summed E-state index contributed by atoms with van der Waals surface area (Å²) in [6.45, 7) is 2.28. The van der Waals surface area contributed by atoms with Gasteiger partial charge < -0.3 is 9.15 Å². The van der Waals surface area contributed by atoms with Gasteiger partial charge in [0.25, 0.3) is 0 Å². The van der Waals surface area contributed by atoms with E-state index in [0.717, 1.165) is 16.9 Å². The van der Waals surface area contributed by atoms with Crippen molar-refractivity contribution in [2.45, 2.75) is 13.5 Å². The van der Waals surface area contributed by atoms with E-state index in [1.54, 1.807) is 25.3 Å².